The largest absolute Gasteiger partial charge is 0.441 e. The van der Waals surface area contributed by atoms with Gasteiger partial charge < -0.3 is 4.74 Å². The maximum Gasteiger partial charge on any atom is 0.340 e. The van der Waals surface area contributed by atoms with Crippen molar-refractivity contribution < 1.29 is 9.53 Å². The van der Waals surface area contributed by atoms with E-state index in [-0.39, 0.29) is 5.97 Å². The fraction of sp³-hybridized carbons (Fsp3) is 0.0952. The fourth-order valence-corrected chi connectivity index (χ4v) is 3.27. The Labute approximate surface area is 135 Å². The van der Waals surface area contributed by atoms with Crippen molar-refractivity contribution in [1.29, 1.82) is 0 Å². The smallest absolute Gasteiger partial charge is 0.340 e. The van der Waals surface area contributed by atoms with Crippen LogP contribution in [0.4, 0.5) is 0 Å². The van der Waals surface area contributed by atoms with Crippen molar-refractivity contribution in [2.24, 2.45) is 0 Å². The minimum absolute atomic E-state index is 0.273. The van der Waals surface area contributed by atoms with E-state index in [0.29, 0.717) is 5.56 Å². The van der Waals surface area contributed by atoms with Gasteiger partial charge in [-0.1, -0.05) is 78.4 Å². The Kier molecular flexibility index (Phi) is 3.05. The van der Waals surface area contributed by atoms with Crippen molar-refractivity contribution in [2.75, 3.05) is 0 Å². The summed E-state index contributed by atoms with van der Waals surface area (Å²) in [5.41, 5.74) is 3.77. The molecule has 2 heteroatoms. The summed E-state index contributed by atoms with van der Waals surface area (Å²) < 4.78 is 5.99. The molecule has 0 spiro atoms. The van der Waals surface area contributed by atoms with E-state index in [1.54, 1.807) is 0 Å². The van der Waals surface area contributed by atoms with Gasteiger partial charge in [0.05, 0.1) is 5.56 Å². The predicted octanol–water partition coefficient (Wildman–Crippen LogP) is 4.46. The molecule has 3 aromatic carbocycles. The maximum atomic E-state index is 12.5. The first kappa shape index (κ1) is 13.8. The number of carbonyl (C=O) groups is 1. The van der Waals surface area contributed by atoms with E-state index in [9.17, 15) is 4.79 Å². The lowest BCUT2D eigenvalue weighted by atomic mass is 9.80. The molecule has 1 aliphatic rings. The Morgan fingerprint density at radius 1 is 0.739 bits per heavy atom. The lowest BCUT2D eigenvalue weighted by Gasteiger charge is -2.30. The van der Waals surface area contributed by atoms with Crippen molar-refractivity contribution in [3.8, 4) is 0 Å². The van der Waals surface area contributed by atoms with Crippen LogP contribution in [0.1, 0.15) is 32.6 Å². The van der Waals surface area contributed by atoms with E-state index in [0.717, 1.165) is 16.7 Å². The molecule has 112 valence electrons. The number of rotatable bonds is 2. The second-order valence-corrected chi connectivity index (χ2v) is 5.85. The minimum Gasteiger partial charge on any atom is -0.441 e. The number of hydrogen-bond donors (Lipinski definition) is 0. The van der Waals surface area contributed by atoms with Gasteiger partial charge in [-0.3, -0.25) is 0 Å². The van der Waals surface area contributed by atoms with Gasteiger partial charge in [0, 0.05) is 16.7 Å². The third-order valence-corrected chi connectivity index (χ3v) is 4.41. The molecule has 0 saturated carbocycles. The van der Waals surface area contributed by atoms with Crippen LogP contribution in [0, 0.1) is 6.92 Å². The molecule has 0 saturated heterocycles. The molecule has 0 amide bonds. The number of fused-ring (bicyclic) bond motifs is 1. The van der Waals surface area contributed by atoms with Crippen LogP contribution in [-0.4, -0.2) is 5.97 Å². The van der Waals surface area contributed by atoms with E-state index in [1.807, 2.05) is 73.7 Å². The van der Waals surface area contributed by atoms with Gasteiger partial charge in [-0.25, -0.2) is 4.79 Å². The number of ether oxygens (including phenoxy) is 1. The van der Waals surface area contributed by atoms with Gasteiger partial charge in [0.2, 0.25) is 0 Å². The Balaban J connectivity index is 2.04. The summed E-state index contributed by atoms with van der Waals surface area (Å²) in [6, 6.07) is 25.7. The standard InChI is InChI=1S/C21H16O2/c1-15-11-13-17(14-12-15)21(16-7-3-2-4-8-16)19-10-6-5-9-18(19)20(22)23-21/h2-14H,1H3/t21-/m1/s1. The molecule has 4 rings (SSSR count). The van der Waals surface area contributed by atoms with Crippen LogP contribution in [0.15, 0.2) is 78.9 Å². The summed E-state index contributed by atoms with van der Waals surface area (Å²) in [6.45, 7) is 2.05. The average molecular weight is 300 g/mol. The molecular formula is C21H16O2. The Morgan fingerprint density at radius 2 is 1.35 bits per heavy atom. The molecule has 0 radical (unpaired) electrons. The monoisotopic (exact) mass is 300 g/mol. The zero-order valence-corrected chi connectivity index (χ0v) is 12.8. The fourth-order valence-electron chi connectivity index (χ4n) is 3.27. The molecule has 23 heavy (non-hydrogen) atoms. The van der Waals surface area contributed by atoms with Gasteiger partial charge in [-0.2, -0.15) is 0 Å². The first-order chi connectivity index (χ1) is 11.2. The number of carbonyl (C=O) groups excluding carboxylic acids is 1. The zero-order valence-electron chi connectivity index (χ0n) is 12.8. The quantitative estimate of drug-likeness (QED) is 0.653. The maximum absolute atomic E-state index is 12.5. The number of esters is 1. The van der Waals surface area contributed by atoms with Crippen LogP contribution < -0.4 is 0 Å². The highest BCUT2D eigenvalue weighted by Crippen LogP contribution is 2.46. The minimum atomic E-state index is -0.872. The van der Waals surface area contributed by atoms with Crippen molar-refractivity contribution in [2.45, 2.75) is 12.5 Å². The second-order valence-electron chi connectivity index (χ2n) is 5.85. The number of aryl methyl sites for hydroxylation is 1. The molecule has 0 aromatic heterocycles. The number of hydrogen-bond acceptors (Lipinski definition) is 2. The van der Waals surface area contributed by atoms with E-state index in [1.165, 1.54) is 5.56 Å². The summed E-state index contributed by atoms with van der Waals surface area (Å²) in [5, 5.41) is 0. The Morgan fingerprint density at radius 3 is 2.09 bits per heavy atom. The van der Waals surface area contributed by atoms with Gasteiger partial charge in [0.1, 0.15) is 0 Å². The molecule has 2 nitrogen and oxygen atoms in total. The third kappa shape index (κ3) is 1.99. The SMILES string of the molecule is Cc1ccc([C@@]2(c3ccccc3)OC(=O)c3ccccc32)cc1. The number of cyclic esters (lactones) is 1. The van der Waals surface area contributed by atoms with Crippen LogP contribution in [0.5, 0.6) is 0 Å². The Bertz CT molecular complexity index is 866. The van der Waals surface area contributed by atoms with Crippen LogP contribution in [0.3, 0.4) is 0 Å². The van der Waals surface area contributed by atoms with Crippen LogP contribution in [-0.2, 0) is 10.3 Å². The molecular weight excluding hydrogens is 284 g/mol. The Hall–Kier alpha value is -2.87. The van der Waals surface area contributed by atoms with Crippen LogP contribution in [0.25, 0.3) is 0 Å². The average Bonchev–Trinajstić information content (AvgIpc) is 2.91. The van der Waals surface area contributed by atoms with Gasteiger partial charge >= 0.3 is 5.97 Å². The molecule has 0 fully saturated rings. The molecule has 3 aromatic rings. The van der Waals surface area contributed by atoms with E-state index < -0.39 is 5.60 Å². The summed E-state index contributed by atoms with van der Waals surface area (Å²) in [5.74, 6) is -0.273. The van der Waals surface area contributed by atoms with Crippen molar-refractivity contribution in [3.63, 3.8) is 0 Å². The van der Waals surface area contributed by atoms with E-state index in [2.05, 4.69) is 12.1 Å². The van der Waals surface area contributed by atoms with Gasteiger partial charge in [0.25, 0.3) is 0 Å². The molecule has 0 N–H and O–H groups in total. The lowest BCUT2D eigenvalue weighted by molar-refractivity contribution is 0.0251. The normalized spacial score (nSPS) is 19.3. The first-order valence-electron chi connectivity index (χ1n) is 7.67. The summed E-state index contributed by atoms with van der Waals surface area (Å²) in [6.07, 6.45) is 0. The molecule has 1 atom stereocenters. The van der Waals surface area contributed by atoms with Crippen molar-refractivity contribution in [1.82, 2.24) is 0 Å². The molecule has 0 unspecified atom stereocenters. The molecule has 0 aliphatic carbocycles. The van der Waals surface area contributed by atoms with E-state index >= 15 is 0 Å². The van der Waals surface area contributed by atoms with Crippen molar-refractivity contribution in [3.05, 3.63) is 107 Å². The zero-order chi connectivity index (χ0) is 15.9. The highest BCUT2D eigenvalue weighted by atomic mass is 16.6. The topological polar surface area (TPSA) is 26.3 Å². The third-order valence-electron chi connectivity index (χ3n) is 4.41. The molecule has 1 heterocycles. The van der Waals surface area contributed by atoms with Crippen molar-refractivity contribution >= 4 is 5.97 Å². The van der Waals surface area contributed by atoms with Gasteiger partial charge in [0.15, 0.2) is 5.60 Å². The predicted molar refractivity (Wildman–Crippen MR) is 89.4 cm³/mol. The summed E-state index contributed by atoms with van der Waals surface area (Å²) in [7, 11) is 0. The van der Waals surface area contributed by atoms with Gasteiger partial charge in [-0.15, -0.1) is 0 Å². The van der Waals surface area contributed by atoms with E-state index in [4.69, 9.17) is 4.74 Å². The van der Waals surface area contributed by atoms with Crippen LogP contribution in [0.2, 0.25) is 0 Å². The highest BCUT2D eigenvalue weighted by Gasteiger charge is 2.48. The summed E-state index contributed by atoms with van der Waals surface area (Å²) >= 11 is 0. The first-order valence-corrected chi connectivity index (χ1v) is 7.67. The summed E-state index contributed by atoms with van der Waals surface area (Å²) in [4.78, 5) is 12.5. The number of benzene rings is 3. The van der Waals surface area contributed by atoms with Gasteiger partial charge in [-0.05, 0) is 13.0 Å². The lowest BCUT2D eigenvalue weighted by Crippen LogP contribution is -2.29. The highest BCUT2D eigenvalue weighted by molar-refractivity contribution is 5.96. The second kappa shape index (κ2) is 5.10. The molecule has 0 bridgehead atoms. The molecule has 1 aliphatic heterocycles. The van der Waals surface area contributed by atoms with Crippen LogP contribution >= 0.6 is 0 Å².